The Morgan fingerprint density at radius 3 is 2.05 bits per heavy atom. The molecule has 1 aliphatic carbocycles. The van der Waals surface area contributed by atoms with Crippen LogP contribution in [0.15, 0.2) is 97.1 Å². The van der Waals surface area contributed by atoms with Gasteiger partial charge >= 0.3 is 0 Å². The number of hydrogen-bond donors (Lipinski definition) is 1. The normalized spacial score (nSPS) is 13.8. The van der Waals surface area contributed by atoms with Crippen molar-refractivity contribution in [3.63, 3.8) is 0 Å². The summed E-state index contributed by atoms with van der Waals surface area (Å²) in [6.45, 7) is 13.8. The van der Waals surface area contributed by atoms with E-state index in [1.807, 2.05) is 0 Å². The first-order chi connectivity index (χ1) is 18.8. The van der Waals surface area contributed by atoms with E-state index in [1.54, 1.807) is 0 Å². The Morgan fingerprint density at radius 2 is 1.36 bits per heavy atom. The van der Waals surface area contributed by atoms with E-state index in [0.29, 0.717) is 0 Å². The number of anilines is 1. The third kappa shape index (κ3) is 3.98. The van der Waals surface area contributed by atoms with Gasteiger partial charge in [0.25, 0.3) is 0 Å². The smallest absolute Gasteiger partial charge is 0.0620 e. The summed E-state index contributed by atoms with van der Waals surface area (Å²) in [5, 5.41) is 6.67. The van der Waals surface area contributed by atoms with Gasteiger partial charge in [0, 0.05) is 11.1 Å². The fourth-order valence-electron chi connectivity index (χ4n) is 6.86. The summed E-state index contributed by atoms with van der Waals surface area (Å²) < 4.78 is 0. The van der Waals surface area contributed by atoms with Crippen molar-refractivity contribution < 1.29 is 0 Å². The number of fused-ring (bicyclic) bond motifs is 5. The fourth-order valence-corrected chi connectivity index (χ4v) is 6.86. The molecule has 0 heterocycles. The van der Waals surface area contributed by atoms with Gasteiger partial charge in [0.1, 0.15) is 0 Å². The summed E-state index contributed by atoms with van der Waals surface area (Å²) in [4.78, 5) is 0. The van der Waals surface area contributed by atoms with Gasteiger partial charge in [-0.15, -0.1) is 0 Å². The van der Waals surface area contributed by atoms with Crippen molar-refractivity contribution in [3.8, 4) is 22.3 Å². The second-order valence-corrected chi connectivity index (χ2v) is 11.9. The molecule has 0 saturated heterocycles. The second kappa shape index (κ2) is 9.42. The van der Waals surface area contributed by atoms with Gasteiger partial charge in [0.15, 0.2) is 0 Å². The van der Waals surface area contributed by atoms with Crippen LogP contribution in [0.1, 0.15) is 68.4 Å². The van der Waals surface area contributed by atoms with Gasteiger partial charge < -0.3 is 5.32 Å². The molecular formula is C38H39N. The first-order valence-electron chi connectivity index (χ1n) is 14.4. The standard InChI is InChI=1S/C38H39N/c1-7-38(8-2,39-35-21-18-25(3)22-26(35)4)28-19-20-31-33(23-28)37(5,6)34-24-32(27-14-10-9-11-15-27)29-16-12-13-17-30(29)36(31)34/h9-24,39H,7-8H2,1-6H3. The summed E-state index contributed by atoms with van der Waals surface area (Å²) in [6.07, 6.45) is 2.04. The van der Waals surface area contributed by atoms with Crippen LogP contribution < -0.4 is 5.32 Å². The molecule has 0 amide bonds. The lowest BCUT2D eigenvalue weighted by atomic mass is 9.77. The molecule has 0 atom stereocenters. The molecule has 1 N–H and O–H groups in total. The molecule has 0 radical (unpaired) electrons. The van der Waals surface area contributed by atoms with Gasteiger partial charge in [0.2, 0.25) is 0 Å². The predicted octanol–water partition coefficient (Wildman–Crippen LogP) is 10.6. The predicted molar refractivity (Wildman–Crippen MR) is 169 cm³/mol. The molecule has 6 rings (SSSR count). The molecule has 0 aliphatic heterocycles. The number of aryl methyl sites for hydroxylation is 2. The minimum absolute atomic E-state index is 0.0960. The van der Waals surface area contributed by atoms with Gasteiger partial charge in [-0.3, -0.25) is 0 Å². The summed E-state index contributed by atoms with van der Waals surface area (Å²) in [7, 11) is 0. The van der Waals surface area contributed by atoms with E-state index in [1.165, 1.54) is 66.5 Å². The average molecular weight is 510 g/mol. The molecule has 5 aromatic rings. The topological polar surface area (TPSA) is 12.0 Å². The first kappa shape index (κ1) is 25.4. The maximum Gasteiger partial charge on any atom is 0.0620 e. The van der Waals surface area contributed by atoms with Crippen molar-refractivity contribution in [2.75, 3.05) is 5.32 Å². The first-order valence-corrected chi connectivity index (χ1v) is 14.4. The molecular weight excluding hydrogens is 470 g/mol. The molecule has 1 nitrogen and oxygen atoms in total. The summed E-state index contributed by atoms with van der Waals surface area (Å²) in [5.74, 6) is 0. The van der Waals surface area contributed by atoms with E-state index in [-0.39, 0.29) is 11.0 Å². The lowest BCUT2D eigenvalue weighted by molar-refractivity contribution is 0.453. The molecule has 0 aromatic heterocycles. The Bertz CT molecular complexity index is 1690. The molecule has 0 saturated carbocycles. The van der Waals surface area contributed by atoms with E-state index in [2.05, 4.69) is 144 Å². The molecule has 0 unspecified atom stereocenters. The second-order valence-electron chi connectivity index (χ2n) is 11.9. The molecule has 1 heteroatoms. The number of rotatable bonds is 6. The fraction of sp³-hybridized carbons (Fsp3) is 0.263. The number of benzene rings is 5. The van der Waals surface area contributed by atoms with Crippen molar-refractivity contribution in [3.05, 3.63) is 125 Å². The lowest BCUT2D eigenvalue weighted by Gasteiger charge is -2.36. The Balaban J connectivity index is 1.53. The van der Waals surface area contributed by atoms with Gasteiger partial charge in [-0.1, -0.05) is 118 Å². The van der Waals surface area contributed by atoms with Gasteiger partial charge in [0.05, 0.1) is 5.54 Å². The zero-order valence-corrected chi connectivity index (χ0v) is 24.2. The van der Waals surface area contributed by atoms with Gasteiger partial charge in [-0.2, -0.15) is 0 Å². The van der Waals surface area contributed by atoms with Gasteiger partial charge in [-0.25, -0.2) is 0 Å². The van der Waals surface area contributed by atoms with Crippen LogP contribution >= 0.6 is 0 Å². The van der Waals surface area contributed by atoms with Gasteiger partial charge in [-0.05, 0) is 94.1 Å². The average Bonchev–Trinajstić information content (AvgIpc) is 3.19. The summed E-state index contributed by atoms with van der Waals surface area (Å²) in [6, 6.07) is 36.3. The lowest BCUT2D eigenvalue weighted by Crippen LogP contribution is -2.34. The van der Waals surface area contributed by atoms with Crippen LogP contribution in [-0.4, -0.2) is 0 Å². The third-order valence-electron chi connectivity index (χ3n) is 9.28. The maximum absolute atomic E-state index is 4.00. The summed E-state index contributed by atoms with van der Waals surface area (Å²) in [5.41, 5.74) is 13.2. The zero-order valence-electron chi connectivity index (χ0n) is 24.2. The molecule has 39 heavy (non-hydrogen) atoms. The molecule has 1 aliphatic rings. The van der Waals surface area contributed by atoms with Crippen molar-refractivity contribution in [2.24, 2.45) is 0 Å². The van der Waals surface area contributed by atoms with E-state index in [9.17, 15) is 0 Å². The van der Waals surface area contributed by atoms with Crippen molar-refractivity contribution >= 4 is 16.5 Å². The highest BCUT2D eigenvalue weighted by Crippen LogP contribution is 2.54. The Hall–Kier alpha value is -3.84. The molecule has 0 bridgehead atoms. The van der Waals surface area contributed by atoms with E-state index in [4.69, 9.17) is 0 Å². The van der Waals surface area contributed by atoms with Crippen LogP contribution in [0.25, 0.3) is 33.0 Å². The SMILES string of the molecule is CCC(CC)(Nc1ccc(C)cc1C)c1ccc2c(c1)C(C)(C)c1cc(-c3ccccc3)c3ccccc3c1-2. The van der Waals surface area contributed by atoms with Crippen molar-refractivity contribution in [2.45, 2.75) is 65.3 Å². The van der Waals surface area contributed by atoms with Crippen molar-refractivity contribution in [1.82, 2.24) is 0 Å². The highest BCUT2D eigenvalue weighted by Gasteiger charge is 2.39. The molecule has 0 fully saturated rings. The number of nitrogens with one attached hydrogen (secondary N) is 1. The highest BCUT2D eigenvalue weighted by molar-refractivity contribution is 6.09. The minimum atomic E-state index is -0.128. The van der Waals surface area contributed by atoms with E-state index >= 15 is 0 Å². The van der Waals surface area contributed by atoms with Crippen LogP contribution in [0.2, 0.25) is 0 Å². The minimum Gasteiger partial charge on any atom is -0.375 e. The Labute approximate surface area is 233 Å². The van der Waals surface area contributed by atoms with Crippen LogP contribution in [0.4, 0.5) is 5.69 Å². The largest absolute Gasteiger partial charge is 0.375 e. The maximum atomic E-state index is 4.00. The molecule has 5 aromatic carbocycles. The van der Waals surface area contributed by atoms with E-state index < -0.39 is 0 Å². The third-order valence-corrected chi connectivity index (χ3v) is 9.28. The monoisotopic (exact) mass is 509 g/mol. The Kier molecular flexibility index (Phi) is 6.14. The van der Waals surface area contributed by atoms with Crippen LogP contribution in [0, 0.1) is 13.8 Å². The number of hydrogen-bond acceptors (Lipinski definition) is 1. The zero-order chi connectivity index (χ0) is 27.4. The van der Waals surface area contributed by atoms with Crippen LogP contribution in [0.3, 0.4) is 0 Å². The molecule has 0 spiro atoms. The highest BCUT2D eigenvalue weighted by atomic mass is 15.0. The van der Waals surface area contributed by atoms with Crippen LogP contribution in [-0.2, 0) is 11.0 Å². The quantitative estimate of drug-likeness (QED) is 0.240. The van der Waals surface area contributed by atoms with E-state index in [0.717, 1.165) is 12.8 Å². The van der Waals surface area contributed by atoms with Crippen molar-refractivity contribution in [1.29, 1.82) is 0 Å². The Morgan fingerprint density at radius 1 is 0.667 bits per heavy atom. The van der Waals surface area contributed by atoms with Crippen LogP contribution in [0.5, 0.6) is 0 Å². The molecule has 196 valence electrons. The summed E-state index contributed by atoms with van der Waals surface area (Å²) >= 11 is 0.